The molecule has 2 aromatic heterocycles. The van der Waals surface area contributed by atoms with Gasteiger partial charge in [0.1, 0.15) is 0 Å². The van der Waals surface area contributed by atoms with Gasteiger partial charge in [-0.3, -0.25) is 15.1 Å². The van der Waals surface area contributed by atoms with Crippen LogP contribution in [0.3, 0.4) is 0 Å². The lowest BCUT2D eigenvalue weighted by Gasteiger charge is -2.12. The summed E-state index contributed by atoms with van der Waals surface area (Å²) >= 11 is 3.00. The topological polar surface area (TPSA) is 67.8 Å². The van der Waals surface area contributed by atoms with Crippen LogP contribution in [0.1, 0.15) is 35.5 Å². The first-order valence-electron chi connectivity index (χ1n) is 7.79. The highest BCUT2D eigenvalue weighted by molar-refractivity contribution is 8.01. The van der Waals surface area contributed by atoms with E-state index in [1.165, 1.54) is 11.3 Å². The van der Waals surface area contributed by atoms with E-state index >= 15 is 0 Å². The fraction of sp³-hybridized carbons (Fsp3) is 0.294. The molecule has 0 radical (unpaired) electrons. The van der Waals surface area contributed by atoms with Gasteiger partial charge in [0.05, 0.1) is 16.8 Å². The van der Waals surface area contributed by atoms with Crippen molar-refractivity contribution in [2.24, 2.45) is 0 Å². The minimum Gasteiger partial charge on any atom is -0.296 e. The summed E-state index contributed by atoms with van der Waals surface area (Å²) in [7, 11) is 0. The second kappa shape index (κ2) is 7.27. The number of amides is 1. The van der Waals surface area contributed by atoms with Crippen LogP contribution in [0.4, 0.5) is 5.13 Å². The first kappa shape index (κ1) is 16.9. The number of anilines is 1. The molecule has 0 saturated heterocycles. The Kier molecular flexibility index (Phi) is 5.11. The Morgan fingerprint density at radius 2 is 2.04 bits per heavy atom. The molecule has 0 bridgehead atoms. The van der Waals surface area contributed by atoms with Crippen molar-refractivity contribution < 1.29 is 4.79 Å². The number of nitrogens with one attached hydrogen (secondary N) is 1. The Morgan fingerprint density at radius 3 is 2.79 bits per heavy atom. The summed E-state index contributed by atoms with van der Waals surface area (Å²) in [4.78, 5) is 17.5. The molecule has 1 amide bonds. The van der Waals surface area contributed by atoms with Gasteiger partial charge in [0, 0.05) is 5.39 Å². The molecule has 5 nitrogen and oxygen atoms in total. The van der Waals surface area contributed by atoms with Gasteiger partial charge in [0.2, 0.25) is 5.13 Å². The summed E-state index contributed by atoms with van der Waals surface area (Å²) in [5.41, 5.74) is 3.30. The number of fused-ring (bicyclic) bond motifs is 1. The van der Waals surface area contributed by atoms with Crippen LogP contribution in [-0.2, 0) is 6.42 Å². The SMILES string of the molecule is CCSc1nnc(NC(=O)c2c(CC)nc3ccccc3c2C)s1. The lowest BCUT2D eigenvalue weighted by Crippen LogP contribution is -2.17. The Morgan fingerprint density at radius 1 is 1.25 bits per heavy atom. The number of hydrogen-bond acceptors (Lipinski definition) is 6. The number of nitrogens with zero attached hydrogens (tertiary/aromatic N) is 3. The number of rotatable bonds is 5. The van der Waals surface area contributed by atoms with E-state index < -0.39 is 0 Å². The molecule has 0 aliphatic heterocycles. The summed E-state index contributed by atoms with van der Waals surface area (Å²) in [6, 6.07) is 7.89. The fourth-order valence-electron chi connectivity index (χ4n) is 2.60. The summed E-state index contributed by atoms with van der Waals surface area (Å²) in [5, 5.41) is 12.5. The molecule has 0 spiro atoms. The maximum Gasteiger partial charge on any atom is 0.259 e. The third-order valence-corrected chi connectivity index (χ3v) is 5.54. The average Bonchev–Trinajstić information content (AvgIpc) is 3.02. The molecule has 124 valence electrons. The molecule has 3 aromatic rings. The van der Waals surface area contributed by atoms with Gasteiger partial charge in [-0.1, -0.05) is 55.1 Å². The zero-order valence-corrected chi connectivity index (χ0v) is 15.4. The van der Waals surface area contributed by atoms with Crippen molar-refractivity contribution in [3.05, 3.63) is 41.1 Å². The van der Waals surface area contributed by atoms with Crippen LogP contribution in [0.25, 0.3) is 10.9 Å². The van der Waals surface area contributed by atoms with E-state index in [2.05, 4.69) is 27.4 Å². The molecular weight excluding hydrogens is 340 g/mol. The van der Waals surface area contributed by atoms with Crippen molar-refractivity contribution in [3.8, 4) is 0 Å². The summed E-state index contributed by atoms with van der Waals surface area (Å²) in [5.74, 6) is 0.753. The zero-order valence-electron chi connectivity index (χ0n) is 13.8. The van der Waals surface area contributed by atoms with Gasteiger partial charge in [0.25, 0.3) is 5.91 Å². The molecule has 0 aliphatic carbocycles. The number of thioether (sulfide) groups is 1. The van der Waals surface area contributed by atoms with Gasteiger partial charge < -0.3 is 0 Å². The Bertz CT molecular complexity index is 891. The summed E-state index contributed by atoms with van der Waals surface area (Å²) in [6.07, 6.45) is 0.696. The highest BCUT2D eigenvalue weighted by atomic mass is 32.2. The highest BCUT2D eigenvalue weighted by Crippen LogP contribution is 2.27. The van der Waals surface area contributed by atoms with Crippen LogP contribution in [0.5, 0.6) is 0 Å². The maximum absolute atomic E-state index is 12.8. The van der Waals surface area contributed by atoms with Crippen molar-refractivity contribution in [3.63, 3.8) is 0 Å². The minimum atomic E-state index is -0.174. The second-order valence-corrected chi connectivity index (χ2v) is 7.68. The first-order chi connectivity index (χ1) is 11.6. The monoisotopic (exact) mass is 358 g/mol. The predicted molar refractivity (Wildman–Crippen MR) is 100 cm³/mol. The molecule has 0 unspecified atom stereocenters. The minimum absolute atomic E-state index is 0.174. The molecule has 2 heterocycles. The largest absolute Gasteiger partial charge is 0.296 e. The molecule has 0 saturated carbocycles. The number of pyridine rings is 1. The molecule has 3 rings (SSSR count). The number of carbonyl (C=O) groups is 1. The zero-order chi connectivity index (χ0) is 17.1. The van der Waals surface area contributed by atoms with Crippen LogP contribution in [0, 0.1) is 6.92 Å². The number of aryl methyl sites for hydroxylation is 2. The number of benzene rings is 1. The molecule has 1 N–H and O–H groups in total. The number of carbonyl (C=O) groups excluding carboxylic acids is 1. The Hall–Kier alpha value is -1.99. The van der Waals surface area contributed by atoms with Crippen molar-refractivity contribution in [1.29, 1.82) is 0 Å². The quantitative estimate of drug-likeness (QED) is 0.543. The maximum atomic E-state index is 12.8. The van der Waals surface area contributed by atoms with Gasteiger partial charge in [-0.15, -0.1) is 10.2 Å². The molecular formula is C17H18N4OS2. The van der Waals surface area contributed by atoms with Crippen LogP contribution < -0.4 is 5.32 Å². The van der Waals surface area contributed by atoms with E-state index in [1.54, 1.807) is 11.8 Å². The third kappa shape index (κ3) is 3.27. The number of para-hydroxylation sites is 1. The molecule has 24 heavy (non-hydrogen) atoms. The van der Waals surface area contributed by atoms with Crippen LogP contribution in [-0.4, -0.2) is 26.8 Å². The molecule has 0 atom stereocenters. The molecule has 0 fully saturated rings. The van der Waals surface area contributed by atoms with Gasteiger partial charge in [-0.2, -0.15) is 0 Å². The van der Waals surface area contributed by atoms with Gasteiger partial charge >= 0.3 is 0 Å². The van der Waals surface area contributed by atoms with Gasteiger partial charge in [-0.25, -0.2) is 0 Å². The smallest absolute Gasteiger partial charge is 0.259 e. The lowest BCUT2D eigenvalue weighted by atomic mass is 10.00. The Labute approximate surface area is 148 Å². The van der Waals surface area contributed by atoms with E-state index in [0.29, 0.717) is 17.1 Å². The van der Waals surface area contributed by atoms with E-state index in [9.17, 15) is 4.79 Å². The lowest BCUT2D eigenvalue weighted by molar-refractivity contribution is 0.102. The standard InChI is InChI=1S/C17H18N4OS2/c1-4-12-14(10(3)11-8-6-7-9-13(11)18-12)15(22)19-16-20-21-17(24-16)23-5-2/h6-9H,4-5H2,1-3H3,(H,19,20,22). The van der Waals surface area contributed by atoms with E-state index in [4.69, 9.17) is 0 Å². The molecule has 0 aliphatic rings. The highest BCUT2D eigenvalue weighted by Gasteiger charge is 2.19. The van der Waals surface area contributed by atoms with Gasteiger partial charge in [-0.05, 0) is 30.7 Å². The van der Waals surface area contributed by atoms with Crippen LogP contribution >= 0.6 is 23.1 Å². The normalized spacial score (nSPS) is 11.0. The summed E-state index contributed by atoms with van der Waals surface area (Å²) < 4.78 is 0.858. The summed E-state index contributed by atoms with van der Waals surface area (Å²) in [6.45, 7) is 6.03. The van der Waals surface area contributed by atoms with E-state index in [-0.39, 0.29) is 5.91 Å². The number of hydrogen-bond donors (Lipinski definition) is 1. The van der Waals surface area contributed by atoms with Crippen molar-refractivity contribution in [2.75, 3.05) is 11.1 Å². The average molecular weight is 358 g/mol. The number of aromatic nitrogens is 3. The fourth-order valence-corrected chi connectivity index (χ4v) is 4.24. The van der Waals surface area contributed by atoms with Crippen LogP contribution in [0.2, 0.25) is 0 Å². The van der Waals surface area contributed by atoms with Crippen molar-refractivity contribution in [1.82, 2.24) is 15.2 Å². The predicted octanol–water partition coefficient (Wildman–Crippen LogP) is 4.32. The first-order valence-corrected chi connectivity index (χ1v) is 9.60. The van der Waals surface area contributed by atoms with Crippen LogP contribution in [0.15, 0.2) is 28.6 Å². The van der Waals surface area contributed by atoms with E-state index in [0.717, 1.165) is 32.3 Å². The van der Waals surface area contributed by atoms with Gasteiger partial charge in [0.15, 0.2) is 4.34 Å². The molecule has 7 heteroatoms. The third-order valence-electron chi connectivity index (χ3n) is 3.68. The van der Waals surface area contributed by atoms with Crippen molar-refractivity contribution >= 4 is 45.0 Å². The molecule has 1 aromatic carbocycles. The Balaban J connectivity index is 1.97. The van der Waals surface area contributed by atoms with E-state index in [1.807, 2.05) is 38.1 Å². The van der Waals surface area contributed by atoms with Crippen molar-refractivity contribution in [2.45, 2.75) is 31.5 Å². The second-order valence-electron chi connectivity index (χ2n) is 5.19.